The Labute approximate surface area is 180 Å². The van der Waals surface area contributed by atoms with Crippen LogP contribution in [0.15, 0.2) is 46.9 Å². The summed E-state index contributed by atoms with van der Waals surface area (Å²) in [6.45, 7) is 1.95. The average molecular weight is 478 g/mol. The van der Waals surface area contributed by atoms with E-state index in [2.05, 4.69) is 26.2 Å². The lowest BCUT2D eigenvalue weighted by atomic mass is 10.2. The zero-order chi connectivity index (χ0) is 20.1. The molecule has 2 aromatic carbocycles. The molecule has 0 spiro atoms. The Morgan fingerprint density at radius 3 is 2.79 bits per heavy atom. The molecule has 0 unspecified atom stereocenters. The smallest absolute Gasteiger partial charge is 0.243 e. The van der Waals surface area contributed by atoms with Crippen LogP contribution in [0, 0.1) is 6.92 Å². The summed E-state index contributed by atoms with van der Waals surface area (Å²) in [7, 11) is 1.65. The second-order valence-corrected chi connectivity index (χ2v) is 9.34. The summed E-state index contributed by atoms with van der Waals surface area (Å²) in [4.78, 5) is 30.6. The Morgan fingerprint density at radius 2 is 2.04 bits per heavy atom. The van der Waals surface area contributed by atoms with Crippen molar-refractivity contribution in [3.05, 3.63) is 57.5 Å². The minimum Gasteiger partial charge on any atom is -0.336 e. The van der Waals surface area contributed by atoms with Gasteiger partial charge in [-0.15, -0.1) is 23.1 Å². The highest BCUT2D eigenvalue weighted by atomic mass is 79.9. The number of carbonyl (C=O) groups excluding carboxylic acids is 2. The molecule has 0 saturated carbocycles. The van der Waals surface area contributed by atoms with Crippen LogP contribution in [0.2, 0.25) is 0 Å². The van der Waals surface area contributed by atoms with Gasteiger partial charge in [-0.25, -0.2) is 4.98 Å². The van der Waals surface area contributed by atoms with E-state index in [0.29, 0.717) is 11.5 Å². The van der Waals surface area contributed by atoms with Gasteiger partial charge in [-0.05, 0) is 42.8 Å². The highest BCUT2D eigenvalue weighted by molar-refractivity contribution is 9.10. The zero-order valence-electron chi connectivity index (χ0n) is 15.6. The van der Waals surface area contributed by atoms with E-state index < -0.39 is 0 Å². The summed E-state index contributed by atoms with van der Waals surface area (Å²) in [6.07, 6.45) is 0. The summed E-state index contributed by atoms with van der Waals surface area (Å²) < 4.78 is 2.11. The molecule has 2 amide bonds. The summed E-state index contributed by atoms with van der Waals surface area (Å²) in [5.41, 5.74) is 2.70. The van der Waals surface area contributed by atoms with Crippen LogP contribution in [0.1, 0.15) is 10.6 Å². The van der Waals surface area contributed by atoms with Gasteiger partial charge in [0.1, 0.15) is 5.01 Å². The number of para-hydroxylation sites is 1. The van der Waals surface area contributed by atoms with Crippen molar-refractivity contribution in [3.8, 4) is 0 Å². The van der Waals surface area contributed by atoms with Crippen molar-refractivity contribution < 1.29 is 9.59 Å². The molecule has 1 aromatic heterocycles. The highest BCUT2D eigenvalue weighted by Gasteiger charge is 2.14. The molecule has 0 aliphatic heterocycles. The topological polar surface area (TPSA) is 62.3 Å². The fourth-order valence-electron chi connectivity index (χ4n) is 2.58. The number of benzene rings is 2. The van der Waals surface area contributed by atoms with Gasteiger partial charge in [0.05, 0.1) is 22.5 Å². The van der Waals surface area contributed by atoms with Crippen LogP contribution < -0.4 is 5.32 Å². The predicted molar refractivity (Wildman–Crippen MR) is 121 cm³/mol. The molecule has 3 aromatic rings. The average Bonchev–Trinajstić information content (AvgIpc) is 3.06. The third-order valence-electron chi connectivity index (χ3n) is 4.06. The Hall–Kier alpha value is -1.90. The minimum absolute atomic E-state index is 0.0238. The molecule has 28 heavy (non-hydrogen) atoms. The standard InChI is InChI=1S/C20H20BrN3O2S2/c1-13-9-14(21)7-8-15(13)22-18(25)10-24(2)20(26)12-27-11-19-23-16-5-3-4-6-17(16)28-19/h3-9H,10-12H2,1-2H3,(H,22,25). The number of nitrogens with one attached hydrogen (secondary N) is 1. The lowest BCUT2D eigenvalue weighted by Crippen LogP contribution is -2.36. The molecule has 1 N–H and O–H groups in total. The van der Waals surface area contributed by atoms with Gasteiger partial charge in [0.2, 0.25) is 11.8 Å². The monoisotopic (exact) mass is 477 g/mol. The number of nitrogens with zero attached hydrogens (tertiary/aromatic N) is 2. The Kier molecular flexibility index (Phi) is 7.09. The molecule has 0 saturated heterocycles. The molecule has 0 aliphatic carbocycles. The molecular formula is C20H20BrN3O2S2. The molecule has 1 heterocycles. The number of rotatable bonds is 7. The van der Waals surface area contributed by atoms with Gasteiger partial charge >= 0.3 is 0 Å². The number of aromatic nitrogens is 1. The Morgan fingerprint density at radius 1 is 1.25 bits per heavy atom. The Bertz CT molecular complexity index is 973. The summed E-state index contributed by atoms with van der Waals surface area (Å²) in [6, 6.07) is 13.7. The lowest BCUT2D eigenvalue weighted by Gasteiger charge is -2.17. The van der Waals surface area contributed by atoms with E-state index in [1.807, 2.05) is 49.4 Å². The van der Waals surface area contributed by atoms with E-state index >= 15 is 0 Å². The molecule has 0 bridgehead atoms. The number of hydrogen-bond acceptors (Lipinski definition) is 5. The van der Waals surface area contributed by atoms with Crippen molar-refractivity contribution in [1.29, 1.82) is 0 Å². The van der Waals surface area contributed by atoms with Crippen molar-refractivity contribution >= 4 is 66.7 Å². The first kappa shape index (κ1) is 20.8. The second kappa shape index (κ2) is 9.54. The number of thiazole rings is 1. The number of amides is 2. The Balaban J connectivity index is 1.45. The summed E-state index contributed by atoms with van der Waals surface area (Å²) >= 11 is 6.56. The molecule has 8 heteroatoms. The van der Waals surface area contributed by atoms with Gasteiger partial charge in [0.25, 0.3) is 0 Å². The van der Waals surface area contributed by atoms with Gasteiger partial charge < -0.3 is 10.2 Å². The van der Waals surface area contributed by atoms with Crippen molar-refractivity contribution in [3.63, 3.8) is 0 Å². The van der Waals surface area contributed by atoms with Crippen LogP contribution in [0.5, 0.6) is 0 Å². The van der Waals surface area contributed by atoms with Crippen LogP contribution in [-0.4, -0.2) is 41.0 Å². The number of halogens is 1. The number of carbonyl (C=O) groups is 2. The molecule has 5 nitrogen and oxygen atoms in total. The molecule has 0 aliphatic rings. The van der Waals surface area contributed by atoms with Gasteiger partial charge in [-0.3, -0.25) is 9.59 Å². The quantitative estimate of drug-likeness (QED) is 0.535. The fourth-order valence-corrected chi connectivity index (χ4v) is 5.04. The highest BCUT2D eigenvalue weighted by Crippen LogP contribution is 2.25. The maximum Gasteiger partial charge on any atom is 0.243 e. The van der Waals surface area contributed by atoms with Gasteiger partial charge in [-0.2, -0.15) is 0 Å². The molecule has 3 rings (SSSR count). The fraction of sp³-hybridized carbons (Fsp3) is 0.250. The van der Waals surface area contributed by atoms with E-state index in [1.54, 1.807) is 18.4 Å². The van der Waals surface area contributed by atoms with Gasteiger partial charge in [0, 0.05) is 23.0 Å². The minimum atomic E-state index is -0.211. The van der Waals surface area contributed by atoms with Crippen LogP contribution in [0.4, 0.5) is 5.69 Å². The number of thioether (sulfide) groups is 1. The van der Waals surface area contributed by atoms with Crippen molar-refractivity contribution in [2.24, 2.45) is 0 Å². The van der Waals surface area contributed by atoms with E-state index in [-0.39, 0.29) is 18.4 Å². The number of aryl methyl sites for hydroxylation is 1. The first-order valence-corrected chi connectivity index (χ1v) is 11.4. The summed E-state index contributed by atoms with van der Waals surface area (Å²) in [5, 5.41) is 3.86. The SMILES string of the molecule is Cc1cc(Br)ccc1NC(=O)CN(C)C(=O)CSCc1nc2ccccc2s1. The third kappa shape index (κ3) is 5.56. The molecule has 0 atom stereocenters. The number of anilines is 1. The van der Waals surface area contributed by atoms with Crippen LogP contribution in [0.25, 0.3) is 10.2 Å². The van der Waals surface area contributed by atoms with Crippen molar-refractivity contribution in [2.45, 2.75) is 12.7 Å². The molecule has 0 fully saturated rings. The second-order valence-electron chi connectivity index (χ2n) is 6.33. The first-order valence-electron chi connectivity index (χ1n) is 8.64. The largest absolute Gasteiger partial charge is 0.336 e. The normalized spacial score (nSPS) is 10.8. The van der Waals surface area contributed by atoms with E-state index in [0.717, 1.165) is 30.9 Å². The number of fused-ring (bicyclic) bond motifs is 1. The van der Waals surface area contributed by atoms with E-state index in [1.165, 1.54) is 16.7 Å². The molecular weight excluding hydrogens is 458 g/mol. The van der Waals surface area contributed by atoms with Gasteiger partial charge in [0.15, 0.2) is 0 Å². The zero-order valence-corrected chi connectivity index (χ0v) is 18.8. The maximum atomic E-state index is 12.3. The number of hydrogen-bond donors (Lipinski definition) is 1. The lowest BCUT2D eigenvalue weighted by molar-refractivity contribution is -0.131. The molecule has 146 valence electrons. The van der Waals surface area contributed by atoms with Gasteiger partial charge in [-0.1, -0.05) is 28.1 Å². The van der Waals surface area contributed by atoms with E-state index in [4.69, 9.17) is 0 Å². The molecule has 0 radical (unpaired) electrons. The summed E-state index contributed by atoms with van der Waals surface area (Å²) in [5.74, 6) is 0.714. The van der Waals surface area contributed by atoms with Crippen molar-refractivity contribution in [1.82, 2.24) is 9.88 Å². The number of likely N-dealkylation sites (N-methyl/N-ethyl adjacent to an activating group) is 1. The first-order chi connectivity index (χ1) is 13.4. The van der Waals surface area contributed by atoms with Crippen molar-refractivity contribution in [2.75, 3.05) is 24.7 Å². The van der Waals surface area contributed by atoms with Crippen LogP contribution in [0.3, 0.4) is 0 Å². The predicted octanol–water partition coefficient (Wildman–Crippen LogP) is 4.70. The van der Waals surface area contributed by atoms with Crippen LogP contribution >= 0.6 is 39.0 Å². The van der Waals surface area contributed by atoms with Crippen LogP contribution in [-0.2, 0) is 15.3 Å². The third-order valence-corrected chi connectivity index (χ3v) is 6.70. The maximum absolute atomic E-state index is 12.3. The van der Waals surface area contributed by atoms with E-state index in [9.17, 15) is 9.59 Å².